The van der Waals surface area contributed by atoms with Crippen molar-refractivity contribution in [2.75, 3.05) is 31.6 Å². The SMILES string of the molecule is CCC1CN(C)CCCN1c1ccc(C(N)=S)c(C)c1. The van der Waals surface area contributed by atoms with Gasteiger partial charge in [0.05, 0.1) is 0 Å². The summed E-state index contributed by atoms with van der Waals surface area (Å²) in [7, 11) is 2.22. The van der Waals surface area contributed by atoms with E-state index in [4.69, 9.17) is 18.0 Å². The molecular weight excluding hydrogens is 266 g/mol. The Labute approximate surface area is 127 Å². The van der Waals surface area contributed by atoms with E-state index >= 15 is 0 Å². The lowest BCUT2D eigenvalue weighted by atomic mass is 10.1. The first kappa shape index (κ1) is 15.3. The summed E-state index contributed by atoms with van der Waals surface area (Å²) in [6, 6.07) is 7.03. The van der Waals surface area contributed by atoms with Gasteiger partial charge in [-0.15, -0.1) is 0 Å². The fourth-order valence-corrected chi connectivity index (χ4v) is 3.26. The Morgan fingerprint density at radius 3 is 2.75 bits per heavy atom. The average Bonchev–Trinajstić information content (AvgIpc) is 2.59. The average molecular weight is 291 g/mol. The predicted octanol–water partition coefficient (Wildman–Crippen LogP) is 2.55. The maximum atomic E-state index is 5.75. The summed E-state index contributed by atoms with van der Waals surface area (Å²) in [6.45, 7) is 7.79. The van der Waals surface area contributed by atoms with E-state index in [0.29, 0.717) is 11.0 Å². The van der Waals surface area contributed by atoms with E-state index in [-0.39, 0.29) is 0 Å². The molecule has 0 spiro atoms. The normalized spacial score (nSPS) is 20.8. The quantitative estimate of drug-likeness (QED) is 0.868. The fraction of sp³-hybridized carbons (Fsp3) is 0.562. The minimum Gasteiger partial charge on any atom is -0.389 e. The van der Waals surface area contributed by atoms with Crippen molar-refractivity contribution in [3.05, 3.63) is 29.3 Å². The third kappa shape index (κ3) is 3.30. The van der Waals surface area contributed by atoms with Crippen LogP contribution in [0.15, 0.2) is 18.2 Å². The van der Waals surface area contributed by atoms with E-state index in [1.165, 1.54) is 30.6 Å². The van der Waals surface area contributed by atoms with Gasteiger partial charge in [-0.1, -0.05) is 19.1 Å². The Hall–Kier alpha value is -1.13. The van der Waals surface area contributed by atoms with Gasteiger partial charge in [-0.05, 0) is 57.1 Å². The third-order valence-electron chi connectivity index (χ3n) is 4.18. The van der Waals surface area contributed by atoms with E-state index in [1.807, 2.05) is 0 Å². The molecule has 1 unspecified atom stereocenters. The molecule has 20 heavy (non-hydrogen) atoms. The lowest BCUT2D eigenvalue weighted by molar-refractivity contribution is 0.328. The van der Waals surface area contributed by atoms with Gasteiger partial charge >= 0.3 is 0 Å². The number of nitrogens with zero attached hydrogens (tertiary/aromatic N) is 2. The minimum absolute atomic E-state index is 0.483. The summed E-state index contributed by atoms with van der Waals surface area (Å²) in [5.74, 6) is 0. The number of hydrogen-bond acceptors (Lipinski definition) is 3. The second-order valence-corrected chi connectivity index (χ2v) is 6.17. The summed E-state index contributed by atoms with van der Waals surface area (Å²) in [6.07, 6.45) is 2.38. The van der Waals surface area contributed by atoms with Crippen LogP contribution in [0.5, 0.6) is 0 Å². The summed E-state index contributed by atoms with van der Waals surface area (Å²) in [4.78, 5) is 5.46. The molecule has 0 aliphatic carbocycles. The van der Waals surface area contributed by atoms with Crippen molar-refractivity contribution in [1.82, 2.24) is 4.90 Å². The lowest BCUT2D eigenvalue weighted by Crippen LogP contribution is -2.39. The molecule has 1 fully saturated rings. The molecule has 0 bridgehead atoms. The molecule has 0 radical (unpaired) electrons. The molecule has 1 aromatic rings. The van der Waals surface area contributed by atoms with Crippen molar-refractivity contribution in [2.45, 2.75) is 32.7 Å². The summed E-state index contributed by atoms with van der Waals surface area (Å²) in [5.41, 5.74) is 9.21. The topological polar surface area (TPSA) is 32.5 Å². The highest BCUT2D eigenvalue weighted by atomic mass is 32.1. The van der Waals surface area contributed by atoms with Crippen LogP contribution in [-0.4, -0.2) is 42.6 Å². The zero-order chi connectivity index (χ0) is 14.7. The lowest BCUT2D eigenvalue weighted by Gasteiger charge is -2.32. The Morgan fingerprint density at radius 2 is 2.15 bits per heavy atom. The van der Waals surface area contributed by atoms with E-state index in [1.54, 1.807) is 0 Å². The second kappa shape index (κ2) is 6.55. The standard InChI is InChI=1S/C16H25N3S/c1-4-13-11-18(3)8-5-9-19(13)14-6-7-15(16(17)20)12(2)10-14/h6-7,10,13H,4-5,8-9,11H2,1-3H3,(H2,17,20). The van der Waals surface area contributed by atoms with Gasteiger partial charge in [0.1, 0.15) is 4.99 Å². The molecule has 1 atom stereocenters. The molecule has 110 valence electrons. The Balaban J connectivity index is 2.28. The minimum atomic E-state index is 0.483. The van der Waals surface area contributed by atoms with Gasteiger partial charge in [-0.2, -0.15) is 0 Å². The molecule has 0 aromatic heterocycles. The molecule has 0 amide bonds. The smallest absolute Gasteiger partial charge is 0.104 e. The van der Waals surface area contributed by atoms with Crippen LogP contribution in [-0.2, 0) is 0 Å². The number of hydrogen-bond donors (Lipinski definition) is 1. The van der Waals surface area contributed by atoms with Crippen molar-refractivity contribution in [3.8, 4) is 0 Å². The van der Waals surface area contributed by atoms with Crippen LogP contribution in [0, 0.1) is 6.92 Å². The molecule has 2 rings (SSSR count). The van der Waals surface area contributed by atoms with Crippen molar-refractivity contribution < 1.29 is 0 Å². The second-order valence-electron chi connectivity index (χ2n) is 5.73. The summed E-state index contributed by atoms with van der Waals surface area (Å²) in [5, 5.41) is 0. The largest absolute Gasteiger partial charge is 0.389 e. The fourth-order valence-electron chi connectivity index (χ4n) is 3.04. The molecule has 3 nitrogen and oxygen atoms in total. The highest BCUT2D eigenvalue weighted by Gasteiger charge is 2.22. The first-order valence-electron chi connectivity index (χ1n) is 7.38. The first-order chi connectivity index (χ1) is 9.52. The molecule has 1 heterocycles. The number of nitrogens with two attached hydrogens (primary N) is 1. The molecule has 1 aliphatic rings. The van der Waals surface area contributed by atoms with Gasteiger partial charge in [0.15, 0.2) is 0 Å². The molecule has 2 N–H and O–H groups in total. The van der Waals surface area contributed by atoms with Crippen LogP contribution in [0.3, 0.4) is 0 Å². The number of thiocarbonyl (C=S) groups is 1. The van der Waals surface area contributed by atoms with Gasteiger partial charge < -0.3 is 15.5 Å². The molecule has 1 aromatic carbocycles. The van der Waals surface area contributed by atoms with Crippen molar-refractivity contribution in [3.63, 3.8) is 0 Å². The first-order valence-corrected chi connectivity index (χ1v) is 7.79. The van der Waals surface area contributed by atoms with Crippen molar-refractivity contribution in [1.29, 1.82) is 0 Å². The van der Waals surface area contributed by atoms with Gasteiger partial charge in [0.25, 0.3) is 0 Å². The number of rotatable bonds is 3. The summed E-state index contributed by atoms with van der Waals surface area (Å²) >= 11 is 5.09. The highest BCUT2D eigenvalue weighted by Crippen LogP contribution is 2.24. The number of benzene rings is 1. The highest BCUT2D eigenvalue weighted by molar-refractivity contribution is 7.80. The van der Waals surface area contributed by atoms with Crippen LogP contribution in [0.2, 0.25) is 0 Å². The molecule has 0 saturated carbocycles. The third-order valence-corrected chi connectivity index (χ3v) is 4.40. The molecule has 1 aliphatic heterocycles. The van der Waals surface area contributed by atoms with Crippen LogP contribution in [0.25, 0.3) is 0 Å². The zero-order valence-electron chi connectivity index (χ0n) is 12.7. The number of likely N-dealkylation sites (N-methyl/N-ethyl adjacent to an activating group) is 1. The maximum absolute atomic E-state index is 5.75. The molecular formula is C16H25N3S. The maximum Gasteiger partial charge on any atom is 0.104 e. The number of aryl methyl sites for hydroxylation is 1. The van der Waals surface area contributed by atoms with Gasteiger partial charge in [0.2, 0.25) is 0 Å². The van der Waals surface area contributed by atoms with Gasteiger partial charge in [-0.25, -0.2) is 0 Å². The molecule has 4 heteroatoms. The van der Waals surface area contributed by atoms with E-state index in [2.05, 4.69) is 48.9 Å². The van der Waals surface area contributed by atoms with Gasteiger partial charge in [-0.3, -0.25) is 0 Å². The van der Waals surface area contributed by atoms with E-state index in [9.17, 15) is 0 Å². The van der Waals surface area contributed by atoms with Crippen LogP contribution >= 0.6 is 12.2 Å². The Morgan fingerprint density at radius 1 is 1.40 bits per heavy atom. The molecule has 1 saturated heterocycles. The van der Waals surface area contributed by atoms with E-state index in [0.717, 1.165) is 18.7 Å². The van der Waals surface area contributed by atoms with Crippen LogP contribution in [0.1, 0.15) is 30.9 Å². The van der Waals surface area contributed by atoms with Gasteiger partial charge in [0, 0.05) is 30.4 Å². The van der Waals surface area contributed by atoms with Crippen molar-refractivity contribution >= 4 is 22.9 Å². The summed E-state index contributed by atoms with van der Waals surface area (Å²) < 4.78 is 0. The monoisotopic (exact) mass is 291 g/mol. The Kier molecular flexibility index (Phi) is 5.00. The van der Waals surface area contributed by atoms with Crippen LogP contribution < -0.4 is 10.6 Å². The van der Waals surface area contributed by atoms with Crippen LogP contribution in [0.4, 0.5) is 5.69 Å². The number of anilines is 1. The zero-order valence-corrected chi connectivity index (χ0v) is 13.5. The predicted molar refractivity (Wildman–Crippen MR) is 90.6 cm³/mol. The van der Waals surface area contributed by atoms with Crippen molar-refractivity contribution in [2.24, 2.45) is 5.73 Å². The Bertz CT molecular complexity index is 487. The van der Waals surface area contributed by atoms with E-state index < -0.39 is 0 Å².